The summed E-state index contributed by atoms with van der Waals surface area (Å²) in [5.74, 6) is -0.811. The van der Waals surface area contributed by atoms with Gasteiger partial charge in [0.2, 0.25) is 6.29 Å². The maximum absolute atomic E-state index is 10.5. The van der Waals surface area contributed by atoms with Gasteiger partial charge in [-0.25, -0.2) is 0 Å². The smallest absolute Gasteiger partial charge is 0.229 e. The van der Waals surface area contributed by atoms with Crippen molar-refractivity contribution < 1.29 is 55.1 Å². The van der Waals surface area contributed by atoms with Crippen LogP contribution < -0.4 is 9.47 Å². The van der Waals surface area contributed by atoms with Gasteiger partial charge in [-0.15, -0.1) is 0 Å². The third kappa shape index (κ3) is 4.01. The highest BCUT2D eigenvalue weighted by Gasteiger charge is 2.45. The number of phenols is 3. The van der Waals surface area contributed by atoms with Gasteiger partial charge in [0.15, 0.2) is 11.5 Å². The molecule has 1 saturated heterocycles. The molecule has 2 aromatic rings. The molecule has 1 fully saturated rings. The average Bonchev–Trinajstić information content (AvgIpc) is 2.76. The van der Waals surface area contributed by atoms with Crippen molar-refractivity contribution in [1.29, 1.82) is 0 Å². The second-order valence-electron chi connectivity index (χ2n) is 7.79. The van der Waals surface area contributed by atoms with Crippen molar-refractivity contribution in [3.8, 4) is 28.7 Å². The summed E-state index contributed by atoms with van der Waals surface area (Å²) in [6.45, 7) is -0.623. The molecule has 0 spiro atoms. The van der Waals surface area contributed by atoms with Crippen LogP contribution in [0.15, 0.2) is 30.3 Å². The van der Waals surface area contributed by atoms with E-state index in [-0.39, 0.29) is 35.2 Å². The number of ether oxygens (including phenoxy) is 3. The van der Waals surface area contributed by atoms with Crippen LogP contribution in [0.4, 0.5) is 0 Å². The highest BCUT2D eigenvalue weighted by atomic mass is 16.7. The minimum atomic E-state index is -1.64. The third-order valence-electron chi connectivity index (χ3n) is 5.60. The molecule has 2 aliphatic rings. The number of aliphatic hydroxyl groups is 5. The quantitative estimate of drug-likeness (QED) is 0.266. The number of benzene rings is 2. The summed E-state index contributed by atoms with van der Waals surface area (Å²) >= 11 is 0. The fourth-order valence-corrected chi connectivity index (χ4v) is 3.82. The maximum Gasteiger partial charge on any atom is 0.229 e. The van der Waals surface area contributed by atoms with E-state index in [2.05, 4.69) is 0 Å². The molecule has 0 saturated carbocycles. The van der Waals surface area contributed by atoms with Crippen molar-refractivity contribution in [2.24, 2.45) is 0 Å². The van der Waals surface area contributed by atoms with Gasteiger partial charge in [0, 0.05) is 24.1 Å². The largest absolute Gasteiger partial charge is 0.507 e. The summed E-state index contributed by atoms with van der Waals surface area (Å²) in [6.07, 6.45) is -9.39. The molecule has 0 aromatic heterocycles. The Kier molecular flexibility index (Phi) is 6.03. The molecule has 0 amide bonds. The van der Waals surface area contributed by atoms with E-state index in [1.807, 2.05) is 0 Å². The second kappa shape index (κ2) is 8.62. The molecule has 8 N–H and O–H groups in total. The highest BCUT2D eigenvalue weighted by molar-refractivity contribution is 5.52. The molecule has 11 nitrogen and oxygen atoms in total. The average molecular weight is 452 g/mol. The molecule has 0 radical (unpaired) electrons. The Balaban J connectivity index is 1.59. The van der Waals surface area contributed by atoms with Crippen LogP contribution in [0.3, 0.4) is 0 Å². The molecule has 174 valence electrons. The van der Waals surface area contributed by atoms with E-state index in [1.165, 1.54) is 30.3 Å². The molecule has 2 aromatic carbocycles. The second-order valence-corrected chi connectivity index (χ2v) is 7.79. The molecular weight excluding hydrogens is 428 g/mol. The number of phenolic OH excluding ortho intramolecular Hbond substituents is 3. The number of aliphatic hydroxyl groups excluding tert-OH is 5. The highest BCUT2D eigenvalue weighted by Crippen LogP contribution is 2.43. The summed E-state index contributed by atoms with van der Waals surface area (Å²) in [4.78, 5) is 0. The van der Waals surface area contributed by atoms with Gasteiger partial charge in [0.1, 0.15) is 47.8 Å². The fraction of sp³-hybridized carbons (Fsp3) is 0.429. The standard InChI is InChI=1S/C21H24O11/c22-7-16-17(27)18(28)19(29)21(32-16)30-9-4-12(24)10-6-14(26)20(31-15(10)5-9)8-1-2-11(23)13(25)3-8/h1-5,14,16-29H,6-7H2/t14-,16-,17-,18+,19-,20+,21-/m1/s1. The van der Waals surface area contributed by atoms with Gasteiger partial charge in [0.25, 0.3) is 0 Å². The Labute approximate surface area is 181 Å². The van der Waals surface area contributed by atoms with Gasteiger partial charge in [-0.05, 0) is 17.7 Å². The number of hydrogen-bond acceptors (Lipinski definition) is 11. The summed E-state index contributed by atoms with van der Waals surface area (Å²) in [5, 5.41) is 79.4. The van der Waals surface area contributed by atoms with Crippen LogP contribution >= 0.6 is 0 Å². The van der Waals surface area contributed by atoms with E-state index in [0.717, 1.165) is 0 Å². The normalized spacial score (nSPS) is 32.1. The molecule has 11 heteroatoms. The van der Waals surface area contributed by atoms with E-state index in [4.69, 9.17) is 14.2 Å². The van der Waals surface area contributed by atoms with E-state index in [9.17, 15) is 40.9 Å². The zero-order valence-electron chi connectivity index (χ0n) is 16.6. The third-order valence-corrected chi connectivity index (χ3v) is 5.60. The number of fused-ring (bicyclic) bond motifs is 1. The van der Waals surface area contributed by atoms with Gasteiger partial charge >= 0.3 is 0 Å². The SMILES string of the molecule is OC[C@H]1O[C@@H](Oc2cc(O)c3c(c2)O[C@@H](c2ccc(O)c(O)c2)[C@H](O)C3)[C@H](O)[C@@H](O)[C@@H]1O. The van der Waals surface area contributed by atoms with Gasteiger partial charge in [-0.3, -0.25) is 0 Å². The number of rotatable bonds is 4. The Morgan fingerprint density at radius 2 is 1.62 bits per heavy atom. The zero-order chi connectivity index (χ0) is 23.2. The first-order valence-corrected chi connectivity index (χ1v) is 9.89. The van der Waals surface area contributed by atoms with Crippen LogP contribution in [0.25, 0.3) is 0 Å². The van der Waals surface area contributed by atoms with Crippen molar-refractivity contribution in [2.45, 2.75) is 49.3 Å². The summed E-state index contributed by atoms with van der Waals surface area (Å²) < 4.78 is 16.7. The lowest BCUT2D eigenvalue weighted by Crippen LogP contribution is -2.60. The number of aromatic hydroxyl groups is 3. The van der Waals surface area contributed by atoms with Crippen LogP contribution in [-0.4, -0.2) is 84.3 Å². The van der Waals surface area contributed by atoms with E-state index >= 15 is 0 Å². The van der Waals surface area contributed by atoms with Crippen LogP contribution in [0.1, 0.15) is 17.2 Å². The lowest BCUT2D eigenvalue weighted by Gasteiger charge is -2.39. The predicted molar refractivity (Wildman–Crippen MR) is 105 cm³/mol. The molecule has 7 atom stereocenters. The molecule has 32 heavy (non-hydrogen) atoms. The molecular formula is C21H24O11. The lowest BCUT2D eigenvalue weighted by atomic mass is 9.94. The van der Waals surface area contributed by atoms with Crippen molar-refractivity contribution >= 4 is 0 Å². The first kappa shape index (κ1) is 22.4. The first-order valence-electron chi connectivity index (χ1n) is 9.89. The van der Waals surface area contributed by atoms with Crippen molar-refractivity contribution in [2.75, 3.05) is 6.61 Å². The maximum atomic E-state index is 10.5. The van der Waals surface area contributed by atoms with Crippen LogP contribution in [0, 0.1) is 0 Å². The van der Waals surface area contributed by atoms with Crippen LogP contribution in [0.5, 0.6) is 28.7 Å². The molecule has 2 aliphatic heterocycles. The monoisotopic (exact) mass is 452 g/mol. The molecule has 0 bridgehead atoms. The van der Waals surface area contributed by atoms with Gasteiger partial charge < -0.3 is 55.1 Å². The van der Waals surface area contributed by atoms with Gasteiger partial charge in [0.05, 0.1) is 12.7 Å². The summed E-state index contributed by atoms with van der Waals surface area (Å²) in [5.41, 5.74) is 0.691. The zero-order valence-corrected chi connectivity index (χ0v) is 16.6. The van der Waals surface area contributed by atoms with E-state index in [0.29, 0.717) is 11.1 Å². The van der Waals surface area contributed by atoms with E-state index in [1.54, 1.807) is 0 Å². The summed E-state index contributed by atoms with van der Waals surface area (Å²) in [7, 11) is 0. The first-order chi connectivity index (χ1) is 15.2. The van der Waals surface area contributed by atoms with Crippen molar-refractivity contribution in [3.63, 3.8) is 0 Å². The van der Waals surface area contributed by atoms with Crippen molar-refractivity contribution in [1.82, 2.24) is 0 Å². The Morgan fingerprint density at radius 1 is 0.875 bits per heavy atom. The van der Waals surface area contributed by atoms with Gasteiger partial charge in [-0.1, -0.05) is 6.07 Å². The van der Waals surface area contributed by atoms with Crippen LogP contribution in [0.2, 0.25) is 0 Å². The van der Waals surface area contributed by atoms with Gasteiger partial charge in [-0.2, -0.15) is 0 Å². The molecule has 4 rings (SSSR count). The fourth-order valence-electron chi connectivity index (χ4n) is 3.82. The molecule has 0 unspecified atom stereocenters. The Morgan fingerprint density at radius 3 is 2.31 bits per heavy atom. The van der Waals surface area contributed by atoms with Crippen LogP contribution in [-0.2, 0) is 11.2 Å². The Bertz CT molecular complexity index is 978. The topological polar surface area (TPSA) is 190 Å². The minimum Gasteiger partial charge on any atom is -0.507 e. The Hall–Kier alpha value is -2.80. The van der Waals surface area contributed by atoms with Crippen molar-refractivity contribution in [3.05, 3.63) is 41.5 Å². The minimum absolute atomic E-state index is 0.00530. The number of hydrogen-bond donors (Lipinski definition) is 8. The summed E-state index contributed by atoms with van der Waals surface area (Å²) in [6, 6.07) is 6.58. The van der Waals surface area contributed by atoms with E-state index < -0.39 is 49.5 Å². The molecule has 2 heterocycles. The molecule has 0 aliphatic carbocycles. The lowest BCUT2D eigenvalue weighted by molar-refractivity contribution is -0.277. The predicted octanol–water partition coefficient (Wildman–Crippen LogP) is -0.981.